The van der Waals surface area contributed by atoms with Crippen molar-refractivity contribution in [3.05, 3.63) is 12.2 Å². The van der Waals surface area contributed by atoms with E-state index in [1.54, 1.807) is 0 Å². The van der Waals surface area contributed by atoms with Crippen LogP contribution in [0.2, 0.25) is 0 Å². The lowest BCUT2D eigenvalue weighted by Gasteiger charge is -2.16. The molecule has 2 fully saturated rings. The third kappa shape index (κ3) is 1.96. The zero-order valence-electron chi connectivity index (χ0n) is 11.7. The summed E-state index contributed by atoms with van der Waals surface area (Å²) >= 11 is 0. The number of allylic oxidation sites excluding steroid dienone is 2. The fourth-order valence-electron chi connectivity index (χ4n) is 3.72. The fourth-order valence-corrected chi connectivity index (χ4v) is 3.72. The van der Waals surface area contributed by atoms with E-state index in [0.29, 0.717) is 6.54 Å². The van der Waals surface area contributed by atoms with Crippen molar-refractivity contribution in [2.24, 2.45) is 23.7 Å². The number of nitrogens with one attached hydrogen (secondary N) is 1. The number of fused-ring (bicyclic) bond motifs is 5. The van der Waals surface area contributed by atoms with Crippen LogP contribution in [0.1, 0.15) is 26.2 Å². The van der Waals surface area contributed by atoms with E-state index in [0.717, 1.165) is 19.3 Å². The molecule has 0 unspecified atom stereocenters. The maximum atomic E-state index is 12.3. The van der Waals surface area contributed by atoms with Crippen LogP contribution in [0.5, 0.6) is 0 Å². The Morgan fingerprint density at radius 3 is 2.40 bits per heavy atom. The zero-order chi connectivity index (χ0) is 14.3. The van der Waals surface area contributed by atoms with Crippen LogP contribution in [0.3, 0.4) is 0 Å². The van der Waals surface area contributed by atoms with Gasteiger partial charge < -0.3 is 5.32 Å². The molecular weight excluding hydrogens is 256 g/mol. The van der Waals surface area contributed by atoms with Crippen molar-refractivity contribution < 1.29 is 14.4 Å². The number of rotatable bonds is 5. The number of imide groups is 1. The molecule has 5 heteroatoms. The van der Waals surface area contributed by atoms with Gasteiger partial charge in [-0.3, -0.25) is 19.3 Å². The van der Waals surface area contributed by atoms with E-state index < -0.39 is 0 Å². The molecule has 5 nitrogen and oxygen atoms in total. The predicted octanol–water partition coefficient (Wildman–Crippen LogP) is 0.710. The van der Waals surface area contributed by atoms with Crippen LogP contribution in [-0.4, -0.2) is 35.7 Å². The van der Waals surface area contributed by atoms with Crippen molar-refractivity contribution in [2.45, 2.75) is 26.2 Å². The highest BCUT2D eigenvalue weighted by Gasteiger charge is 2.59. The molecule has 0 radical (unpaired) electrons. The molecule has 3 rings (SSSR count). The number of likely N-dealkylation sites (tertiary alicyclic amines) is 1. The van der Waals surface area contributed by atoms with E-state index in [2.05, 4.69) is 17.5 Å². The van der Waals surface area contributed by atoms with Crippen LogP contribution < -0.4 is 5.32 Å². The summed E-state index contributed by atoms with van der Waals surface area (Å²) in [7, 11) is 0. The quantitative estimate of drug-likeness (QED) is 0.457. The summed E-state index contributed by atoms with van der Waals surface area (Å²) in [4.78, 5) is 37.6. The van der Waals surface area contributed by atoms with E-state index in [-0.39, 0.29) is 47.9 Å². The number of hydrogen-bond donors (Lipinski definition) is 1. The van der Waals surface area contributed by atoms with Crippen LogP contribution in [-0.2, 0) is 14.4 Å². The third-order valence-corrected chi connectivity index (χ3v) is 4.72. The zero-order valence-corrected chi connectivity index (χ0v) is 11.7. The molecule has 3 amide bonds. The van der Waals surface area contributed by atoms with Gasteiger partial charge in [-0.2, -0.15) is 0 Å². The maximum absolute atomic E-state index is 12.3. The van der Waals surface area contributed by atoms with Crippen molar-refractivity contribution in [3.63, 3.8) is 0 Å². The van der Waals surface area contributed by atoms with Gasteiger partial charge in [0.25, 0.3) is 0 Å². The van der Waals surface area contributed by atoms with Gasteiger partial charge in [-0.15, -0.1) is 0 Å². The first-order chi connectivity index (χ1) is 9.63. The molecule has 1 N–H and O–H groups in total. The largest absolute Gasteiger partial charge is 0.355 e. The second-order valence-corrected chi connectivity index (χ2v) is 5.97. The third-order valence-electron chi connectivity index (χ3n) is 4.72. The van der Waals surface area contributed by atoms with Gasteiger partial charge in [-0.1, -0.05) is 25.5 Å². The topological polar surface area (TPSA) is 66.5 Å². The van der Waals surface area contributed by atoms with Gasteiger partial charge in [0, 0.05) is 6.54 Å². The second-order valence-electron chi connectivity index (χ2n) is 5.97. The van der Waals surface area contributed by atoms with E-state index in [9.17, 15) is 14.4 Å². The SMILES string of the molecule is CCCCNC(=O)CN1C(=O)[C@@H]2[C@@H](C1=O)[C@H]1C=C[C@@H]2C1. The molecule has 1 aliphatic heterocycles. The molecule has 0 spiro atoms. The van der Waals surface area contributed by atoms with Gasteiger partial charge in [0.15, 0.2) is 0 Å². The lowest BCUT2D eigenvalue weighted by atomic mass is 9.85. The molecule has 4 atom stereocenters. The number of hydrogen-bond acceptors (Lipinski definition) is 3. The highest BCUT2D eigenvalue weighted by atomic mass is 16.2. The normalized spacial score (nSPS) is 34.0. The summed E-state index contributed by atoms with van der Waals surface area (Å²) in [6.07, 6.45) is 6.95. The van der Waals surface area contributed by atoms with Crippen molar-refractivity contribution in [3.8, 4) is 0 Å². The molecule has 1 saturated heterocycles. The summed E-state index contributed by atoms with van der Waals surface area (Å²) in [5.41, 5.74) is 0. The predicted molar refractivity (Wildman–Crippen MR) is 72.4 cm³/mol. The molecule has 3 aliphatic rings. The van der Waals surface area contributed by atoms with Gasteiger partial charge in [-0.05, 0) is 24.7 Å². The Hall–Kier alpha value is -1.65. The second kappa shape index (κ2) is 5.04. The summed E-state index contributed by atoms with van der Waals surface area (Å²) in [5.74, 6) is -0.545. The first-order valence-corrected chi connectivity index (χ1v) is 7.43. The molecule has 0 aromatic carbocycles. The summed E-state index contributed by atoms with van der Waals surface area (Å²) in [6.45, 7) is 2.53. The average Bonchev–Trinajstić information content (AvgIpc) is 3.09. The molecule has 0 aromatic heterocycles. The van der Waals surface area contributed by atoms with Crippen molar-refractivity contribution >= 4 is 17.7 Å². The van der Waals surface area contributed by atoms with Crippen LogP contribution >= 0.6 is 0 Å². The van der Waals surface area contributed by atoms with Gasteiger partial charge in [-0.25, -0.2) is 0 Å². The fraction of sp³-hybridized carbons (Fsp3) is 0.667. The molecule has 20 heavy (non-hydrogen) atoms. The molecule has 0 aromatic rings. The minimum absolute atomic E-state index is 0.117. The highest BCUT2D eigenvalue weighted by Crippen LogP contribution is 2.52. The first kappa shape index (κ1) is 13.3. The Bertz CT molecular complexity index is 456. The Morgan fingerprint density at radius 1 is 1.25 bits per heavy atom. The van der Waals surface area contributed by atoms with Crippen LogP contribution in [0.15, 0.2) is 12.2 Å². The van der Waals surface area contributed by atoms with E-state index in [4.69, 9.17) is 0 Å². The van der Waals surface area contributed by atoms with Gasteiger partial charge >= 0.3 is 0 Å². The number of carbonyl (C=O) groups is 3. The van der Waals surface area contributed by atoms with Gasteiger partial charge in [0.2, 0.25) is 17.7 Å². The number of nitrogens with zero attached hydrogens (tertiary/aromatic N) is 1. The van der Waals surface area contributed by atoms with E-state index in [1.807, 2.05) is 6.92 Å². The molecule has 2 aliphatic carbocycles. The van der Waals surface area contributed by atoms with E-state index >= 15 is 0 Å². The average molecular weight is 276 g/mol. The van der Waals surface area contributed by atoms with Crippen molar-refractivity contribution in [1.29, 1.82) is 0 Å². The molecule has 2 bridgehead atoms. The summed E-state index contributed by atoms with van der Waals surface area (Å²) in [5, 5.41) is 2.75. The Balaban J connectivity index is 1.63. The molecule has 1 saturated carbocycles. The lowest BCUT2D eigenvalue weighted by Crippen LogP contribution is -2.42. The number of unbranched alkanes of at least 4 members (excludes halogenated alkanes) is 1. The first-order valence-electron chi connectivity index (χ1n) is 7.43. The van der Waals surface area contributed by atoms with Crippen LogP contribution in [0, 0.1) is 23.7 Å². The van der Waals surface area contributed by atoms with Gasteiger partial charge in [0.05, 0.1) is 11.8 Å². The monoisotopic (exact) mass is 276 g/mol. The molecular formula is C15H20N2O3. The maximum Gasteiger partial charge on any atom is 0.240 e. The summed E-state index contributed by atoms with van der Waals surface area (Å²) in [6, 6.07) is 0. The van der Waals surface area contributed by atoms with Crippen LogP contribution in [0.25, 0.3) is 0 Å². The van der Waals surface area contributed by atoms with Crippen molar-refractivity contribution in [1.82, 2.24) is 10.2 Å². The lowest BCUT2D eigenvalue weighted by molar-refractivity contribution is -0.144. The minimum atomic E-state index is -0.236. The Morgan fingerprint density at radius 2 is 1.85 bits per heavy atom. The molecule has 108 valence electrons. The van der Waals surface area contributed by atoms with Crippen LogP contribution in [0.4, 0.5) is 0 Å². The Labute approximate surface area is 118 Å². The Kier molecular flexibility index (Phi) is 3.36. The summed E-state index contributed by atoms with van der Waals surface area (Å²) < 4.78 is 0. The van der Waals surface area contributed by atoms with Gasteiger partial charge in [0.1, 0.15) is 6.54 Å². The number of amides is 3. The smallest absolute Gasteiger partial charge is 0.240 e. The van der Waals surface area contributed by atoms with E-state index in [1.165, 1.54) is 4.90 Å². The number of carbonyl (C=O) groups excluding carboxylic acids is 3. The standard InChI is InChI=1S/C15H20N2O3/c1-2-3-6-16-11(18)8-17-14(19)12-9-4-5-10(7-9)13(12)15(17)20/h4-5,9-10,12-13H,2-3,6-8H2,1H3,(H,16,18)/t9-,10+,12-,13-/m0/s1. The molecule has 1 heterocycles. The van der Waals surface area contributed by atoms with Crippen molar-refractivity contribution in [2.75, 3.05) is 13.1 Å². The highest BCUT2D eigenvalue weighted by molar-refractivity contribution is 6.08. The minimum Gasteiger partial charge on any atom is -0.355 e.